The van der Waals surface area contributed by atoms with Gasteiger partial charge in [-0.25, -0.2) is 4.79 Å². The predicted molar refractivity (Wildman–Crippen MR) is 59.1 cm³/mol. The minimum Gasteiger partial charge on any atom is -0.431 e. The number of hydrogen-bond acceptors (Lipinski definition) is 4. The van der Waals surface area contributed by atoms with Gasteiger partial charge in [0.2, 0.25) is 11.4 Å². The van der Waals surface area contributed by atoms with Gasteiger partial charge in [0.05, 0.1) is 0 Å². The lowest BCUT2D eigenvalue weighted by atomic mass is 9.45. The van der Waals surface area contributed by atoms with E-state index in [-0.39, 0.29) is 17.1 Å². The van der Waals surface area contributed by atoms with Crippen LogP contribution in [0.25, 0.3) is 0 Å². The molecule has 1 aliphatic heterocycles. The molecule has 0 unspecified atom stereocenters. The second kappa shape index (κ2) is 2.91. The average molecular weight is 238 g/mol. The van der Waals surface area contributed by atoms with Gasteiger partial charge in [0.15, 0.2) is 5.78 Å². The molecule has 1 saturated heterocycles. The molecule has 94 valence electrons. The molecule has 0 aromatic rings. The lowest BCUT2D eigenvalue weighted by Gasteiger charge is -2.58. The van der Waals surface area contributed by atoms with Crippen molar-refractivity contribution in [3.8, 4) is 0 Å². The zero-order valence-electron chi connectivity index (χ0n) is 10.5. The molecule has 3 rings (SSSR count). The first-order valence-corrected chi connectivity index (χ1v) is 6.31. The number of hydrogen-bond donors (Lipinski definition) is 0. The third-order valence-electron chi connectivity index (χ3n) is 4.70. The Kier molecular flexibility index (Phi) is 1.92. The maximum atomic E-state index is 12.3. The van der Waals surface area contributed by atoms with Crippen LogP contribution in [-0.2, 0) is 19.1 Å². The topological polar surface area (TPSA) is 52.6 Å². The highest BCUT2D eigenvalue weighted by Crippen LogP contribution is 2.64. The first kappa shape index (κ1) is 11.2. The monoisotopic (exact) mass is 238 g/mol. The summed E-state index contributed by atoms with van der Waals surface area (Å²) in [6.45, 7) is 5.37. The maximum absolute atomic E-state index is 12.3. The predicted octanol–water partition coefficient (Wildman–Crippen LogP) is 1.81. The van der Waals surface area contributed by atoms with Crippen LogP contribution in [0.5, 0.6) is 0 Å². The molecular weight excluding hydrogens is 220 g/mol. The van der Waals surface area contributed by atoms with E-state index < -0.39 is 17.4 Å². The van der Waals surface area contributed by atoms with Crippen LogP contribution >= 0.6 is 0 Å². The Balaban J connectivity index is 2.03. The van der Waals surface area contributed by atoms with E-state index >= 15 is 0 Å². The van der Waals surface area contributed by atoms with Gasteiger partial charge >= 0.3 is 5.97 Å². The van der Waals surface area contributed by atoms with Gasteiger partial charge in [-0.15, -0.1) is 0 Å². The lowest BCUT2D eigenvalue weighted by Crippen LogP contribution is -2.74. The van der Waals surface area contributed by atoms with E-state index in [9.17, 15) is 9.59 Å². The summed E-state index contributed by atoms with van der Waals surface area (Å²) in [7, 11) is 0. The molecule has 3 aliphatic rings. The Labute approximate surface area is 101 Å². The van der Waals surface area contributed by atoms with Crippen molar-refractivity contribution in [3.05, 3.63) is 0 Å². The summed E-state index contributed by atoms with van der Waals surface area (Å²) in [5.74, 6) is -1.53. The highest BCUT2D eigenvalue weighted by molar-refractivity contribution is 6.16. The molecule has 2 aliphatic carbocycles. The highest BCUT2D eigenvalue weighted by Gasteiger charge is 2.79. The fourth-order valence-corrected chi connectivity index (χ4v) is 3.85. The summed E-state index contributed by atoms with van der Waals surface area (Å²) >= 11 is 0. The number of carbonyl (C=O) groups is 2. The van der Waals surface area contributed by atoms with Crippen LogP contribution in [0, 0.1) is 11.3 Å². The van der Waals surface area contributed by atoms with Crippen LogP contribution in [0.15, 0.2) is 0 Å². The van der Waals surface area contributed by atoms with E-state index in [2.05, 4.69) is 0 Å². The summed E-state index contributed by atoms with van der Waals surface area (Å²) in [5.41, 5.74) is -1.66. The van der Waals surface area contributed by atoms with Crippen LogP contribution in [0.1, 0.15) is 46.5 Å². The molecule has 4 heteroatoms. The molecule has 3 fully saturated rings. The fourth-order valence-electron chi connectivity index (χ4n) is 3.85. The zero-order chi connectivity index (χ0) is 12.5. The number of cyclic esters (lactones) is 1. The second-order valence-electron chi connectivity index (χ2n) is 6.15. The minimum absolute atomic E-state index is 0.0160. The van der Waals surface area contributed by atoms with Crippen molar-refractivity contribution in [1.82, 2.24) is 0 Å². The first-order valence-electron chi connectivity index (χ1n) is 6.31. The Hall–Kier alpha value is -0.900. The van der Waals surface area contributed by atoms with Gasteiger partial charge in [0.1, 0.15) is 0 Å². The van der Waals surface area contributed by atoms with Crippen molar-refractivity contribution in [1.29, 1.82) is 0 Å². The van der Waals surface area contributed by atoms with Crippen LogP contribution in [0.4, 0.5) is 0 Å². The van der Waals surface area contributed by atoms with Crippen molar-refractivity contribution in [2.75, 3.05) is 0 Å². The van der Waals surface area contributed by atoms with Crippen molar-refractivity contribution in [2.24, 2.45) is 11.3 Å². The van der Waals surface area contributed by atoms with Gasteiger partial charge in [-0.2, -0.15) is 0 Å². The molecule has 4 nitrogen and oxygen atoms in total. The van der Waals surface area contributed by atoms with Gasteiger partial charge in [-0.1, -0.05) is 19.8 Å². The van der Waals surface area contributed by atoms with Gasteiger partial charge in [-0.05, 0) is 12.8 Å². The molecule has 1 spiro atoms. The fraction of sp³-hybridized carbons (Fsp3) is 0.846. The number of carbonyl (C=O) groups excluding carboxylic acids is 2. The molecular formula is C13H18O4. The molecule has 0 amide bonds. The minimum atomic E-state index is -1.30. The normalized spacial score (nSPS) is 47.6. The van der Waals surface area contributed by atoms with Crippen LogP contribution in [0.3, 0.4) is 0 Å². The van der Waals surface area contributed by atoms with Gasteiger partial charge in [-0.3, -0.25) is 4.79 Å². The third kappa shape index (κ3) is 1.07. The molecule has 0 aromatic heterocycles. The van der Waals surface area contributed by atoms with Crippen molar-refractivity contribution >= 4 is 11.8 Å². The number of esters is 1. The highest BCUT2D eigenvalue weighted by atomic mass is 16.8. The van der Waals surface area contributed by atoms with E-state index in [1.165, 1.54) is 0 Å². The number of Topliss-reactive ketones (excluding diaryl/α,β-unsaturated/α-hetero) is 1. The van der Waals surface area contributed by atoms with Crippen molar-refractivity contribution < 1.29 is 19.1 Å². The summed E-state index contributed by atoms with van der Waals surface area (Å²) in [5, 5.41) is 0. The zero-order valence-corrected chi connectivity index (χ0v) is 10.5. The number of fused-ring (bicyclic) bond motifs is 2. The molecule has 0 radical (unpaired) electrons. The first-order chi connectivity index (χ1) is 7.83. The molecule has 0 bridgehead atoms. The van der Waals surface area contributed by atoms with Crippen molar-refractivity contribution in [3.63, 3.8) is 0 Å². The van der Waals surface area contributed by atoms with Crippen LogP contribution in [0.2, 0.25) is 0 Å². The van der Waals surface area contributed by atoms with E-state index in [0.717, 1.165) is 25.7 Å². The molecule has 3 atom stereocenters. The summed E-state index contributed by atoms with van der Waals surface area (Å²) in [4.78, 5) is 24.4. The Morgan fingerprint density at radius 2 is 1.88 bits per heavy atom. The van der Waals surface area contributed by atoms with Crippen molar-refractivity contribution in [2.45, 2.75) is 57.8 Å². The standard InChI is InChI=1S/C13H18O4/c1-11(2)16-10(15)13(17-11)9(14)8-6-4-5-7-12(8,13)3/h8H,4-7H2,1-3H3/t8-,12-,13-/m0/s1. The van der Waals surface area contributed by atoms with Gasteiger partial charge < -0.3 is 9.47 Å². The molecule has 17 heavy (non-hydrogen) atoms. The summed E-state index contributed by atoms with van der Waals surface area (Å²) < 4.78 is 11.0. The Morgan fingerprint density at radius 3 is 2.47 bits per heavy atom. The number of ketones is 1. The number of ether oxygens (including phenoxy) is 2. The molecule has 0 aromatic carbocycles. The third-order valence-corrected chi connectivity index (χ3v) is 4.70. The summed E-state index contributed by atoms with van der Waals surface area (Å²) in [6, 6.07) is 0. The quantitative estimate of drug-likeness (QED) is 0.477. The van der Waals surface area contributed by atoms with Gasteiger partial charge in [0.25, 0.3) is 0 Å². The molecule has 1 heterocycles. The average Bonchev–Trinajstić information content (AvgIpc) is 2.50. The lowest BCUT2D eigenvalue weighted by molar-refractivity contribution is -0.238. The maximum Gasteiger partial charge on any atom is 0.349 e. The Bertz CT molecular complexity index is 414. The SMILES string of the molecule is CC1(C)OC(=O)[C@@]2(O1)C(=O)[C@@H]1CCCC[C@@]12C. The largest absolute Gasteiger partial charge is 0.431 e. The number of rotatable bonds is 0. The van der Waals surface area contributed by atoms with E-state index in [4.69, 9.17) is 9.47 Å². The van der Waals surface area contributed by atoms with Crippen LogP contribution in [-0.4, -0.2) is 23.1 Å². The Morgan fingerprint density at radius 1 is 1.18 bits per heavy atom. The summed E-state index contributed by atoms with van der Waals surface area (Å²) in [6.07, 6.45) is 3.88. The van der Waals surface area contributed by atoms with E-state index in [0.29, 0.717) is 0 Å². The van der Waals surface area contributed by atoms with Crippen LogP contribution < -0.4 is 0 Å². The van der Waals surface area contributed by atoms with E-state index in [1.807, 2.05) is 6.92 Å². The smallest absolute Gasteiger partial charge is 0.349 e. The second-order valence-corrected chi connectivity index (χ2v) is 6.15. The molecule has 2 saturated carbocycles. The van der Waals surface area contributed by atoms with E-state index in [1.54, 1.807) is 13.8 Å². The van der Waals surface area contributed by atoms with Gasteiger partial charge in [0, 0.05) is 25.2 Å². The molecule has 0 N–H and O–H groups in total.